The van der Waals surface area contributed by atoms with Crippen molar-refractivity contribution < 1.29 is 9.53 Å². The molecule has 19 heavy (non-hydrogen) atoms. The van der Waals surface area contributed by atoms with E-state index < -0.39 is 0 Å². The zero-order valence-electron chi connectivity index (χ0n) is 11.5. The van der Waals surface area contributed by atoms with Crippen LogP contribution in [0.1, 0.15) is 36.5 Å². The number of nitrogens with two attached hydrogens (primary N) is 1. The Bertz CT molecular complexity index is 434. The SMILES string of the molecule is CCC(N)CCCN1CCOc2ccccc2C1=O. The molecule has 1 aromatic carbocycles. The minimum Gasteiger partial charge on any atom is -0.491 e. The summed E-state index contributed by atoms with van der Waals surface area (Å²) in [5, 5.41) is 0. The van der Waals surface area contributed by atoms with E-state index in [2.05, 4.69) is 6.92 Å². The number of benzene rings is 1. The number of carbonyl (C=O) groups excluding carboxylic acids is 1. The van der Waals surface area contributed by atoms with E-state index in [1.54, 1.807) is 0 Å². The predicted octanol–water partition coefficient (Wildman–Crippen LogP) is 2.04. The van der Waals surface area contributed by atoms with Crippen molar-refractivity contribution in [1.82, 2.24) is 4.90 Å². The number of hydrogen-bond donors (Lipinski definition) is 1. The largest absolute Gasteiger partial charge is 0.491 e. The van der Waals surface area contributed by atoms with Crippen molar-refractivity contribution in [2.75, 3.05) is 19.7 Å². The first-order valence-electron chi connectivity index (χ1n) is 6.99. The summed E-state index contributed by atoms with van der Waals surface area (Å²) >= 11 is 0. The maximum atomic E-state index is 12.4. The van der Waals surface area contributed by atoms with Crippen molar-refractivity contribution in [3.8, 4) is 5.75 Å². The van der Waals surface area contributed by atoms with Gasteiger partial charge in [0.1, 0.15) is 12.4 Å². The summed E-state index contributed by atoms with van der Waals surface area (Å²) in [6, 6.07) is 7.68. The van der Waals surface area contributed by atoms with Gasteiger partial charge in [-0.15, -0.1) is 0 Å². The quantitative estimate of drug-likeness (QED) is 0.883. The van der Waals surface area contributed by atoms with E-state index >= 15 is 0 Å². The van der Waals surface area contributed by atoms with Crippen LogP contribution in [-0.4, -0.2) is 36.5 Å². The molecule has 0 radical (unpaired) electrons. The molecule has 4 heteroatoms. The minimum absolute atomic E-state index is 0.0677. The highest BCUT2D eigenvalue weighted by Gasteiger charge is 2.22. The summed E-state index contributed by atoms with van der Waals surface area (Å²) in [7, 11) is 0. The lowest BCUT2D eigenvalue weighted by Crippen LogP contribution is -2.34. The van der Waals surface area contributed by atoms with Gasteiger partial charge >= 0.3 is 0 Å². The fourth-order valence-corrected chi connectivity index (χ4v) is 2.27. The molecule has 1 aromatic rings. The van der Waals surface area contributed by atoms with Gasteiger partial charge in [0, 0.05) is 12.6 Å². The maximum Gasteiger partial charge on any atom is 0.257 e. The summed E-state index contributed by atoms with van der Waals surface area (Å²) in [5.74, 6) is 0.762. The number of fused-ring (bicyclic) bond motifs is 1. The van der Waals surface area contributed by atoms with Gasteiger partial charge < -0.3 is 15.4 Å². The molecule has 0 aromatic heterocycles. The third-order valence-corrected chi connectivity index (χ3v) is 3.55. The molecule has 1 amide bonds. The standard InChI is InChI=1S/C15H22N2O2/c1-2-12(16)6-5-9-17-10-11-19-14-8-4-3-7-13(14)15(17)18/h3-4,7-8,12H,2,5-6,9-11,16H2,1H3. The van der Waals surface area contributed by atoms with Crippen molar-refractivity contribution in [2.24, 2.45) is 5.73 Å². The van der Waals surface area contributed by atoms with E-state index in [9.17, 15) is 4.79 Å². The lowest BCUT2D eigenvalue weighted by atomic mass is 10.1. The Balaban J connectivity index is 1.97. The molecule has 0 spiro atoms. The number of ether oxygens (including phenoxy) is 1. The number of amides is 1. The van der Waals surface area contributed by atoms with Crippen molar-refractivity contribution in [3.63, 3.8) is 0 Å². The fourth-order valence-electron chi connectivity index (χ4n) is 2.27. The Labute approximate surface area is 114 Å². The lowest BCUT2D eigenvalue weighted by molar-refractivity contribution is 0.0752. The topological polar surface area (TPSA) is 55.6 Å². The minimum atomic E-state index is 0.0677. The summed E-state index contributed by atoms with van der Waals surface area (Å²) in [6.45, 7) is 4.05. The summed E-state index contributed by atoms with van der Waals surface area (Å²) in [5.41, 5.74) is 6.57. The van der Waals surface area contributed by atoms with Crippen LogP contribution < -0.4 is 10.5 Å². The number of carbonyl (C=O) groups is 1. The average Bonchev–Trinajstić information content (AvgIpc) is 2.59. The highest BCUT2D eigenvalue weighted by atomic mass is 16.5. The van der Waals surface area contributed by atoms with E-state index in [1.165, 1.54) is 0 Å². The number of para-hydroxylation sites is 1. The second kappa shape index (κ2) is 6.57. The molecule has 4 nitrogen and oxygen atoms in total. The molecule has 0 bridgehead atoms. The zero-order chi connectivity index (χ0) is 13.7. The van der Waals surface area contributed by atoms with E-state index in [-0.39, 0.29) is 11.9 Å². The third-order valence-electron chi connectivity index (χ3n) is 3.55. The Morgan fingerprint density at radius 2 is 2.21 bits per heavy atom. The maximum absolute atomic E-state index is 12.4. The number of rotatable bonds is 5. The van der Waals surface area contributed by atoms with Gasteiger partial charge in [-0.3, -0.25) is 4.79 Å². The van der Waals surface area contributed by atoms with Crippen molar-refractivity contribution >= 4 is 5.91 Å². The van der Waals surface area contributed by atoms with Crippen LogP contribution >= 0.6 is 0 Å². The van der Waals surface area contributed by atoms with E-state index in [1.807, 2.05) is 29.2 Å². The van der Waals surface area contributed by atoms with Crippen LogP contribution in [0.25, 0.3) is 0 Å². The Morgan fingerprint density at radius 3 is 3.00 bits per heavy atom. The van der Waals surface area contributed by atoms with Crippen LogP contribution in [0.4, 0.5) is 0 Å². The van der Waals surface area contributed by atoms with Crippen molar-refractivity contribution in [1.29, 1.82) is 0 Å². The smallest absolute Gasteiger partial charge is 0.257 e. The Kier molecular flexibility index (Phi) is 4.80. The molecule has 0 saturated carbocycles. The highest BCUT2D eigenvalue weighted by Crippen LogP contribution is 2.22. The first-order valence-corrected chi connectivity index (χ1v) is 6.99. The summed E-state index contributed by atoms with van der Waals surface area (Å²) in [6.07, 6.45) is 2.89. The van der Waals surface area contributed by atoms with Gasteiger partial charge in [-0.05, 0) is 31.4 Å². The van der Waals surface area contributed by atoms with Crippen LogP contribution in [-0.2, 0) is 0 Å². The van der Waals surface area contributed by atoms with Gasteiger partial charge in [-0.25, -0.2) is 0 Å². The first-order chi connectivity index (χ1) is 9.22. The molecule has 1 heterocycles. The van der Waals surface area contributed by atoms with Gasteiger partial charge in [-0.1, -0.05) is 19.1 Å². The Morgan fingerprint density at radius 1 is 1.42 bits per heavy atom. The van der Waals surface area contributed by atoms with Crippen LogP contribution in [0.5, 0.6) is 5.75 Å². The second-order valence-corrected chi connectivity index (χ2v) is 4.95. The molecule has 2 N–H and O–H groups in total. The predicted molar refractivity (Wildman–Crippen MR) is 75.3 cm³/mol. The van der Waals surface area contributed by atoms with Crippen molar-refractivity contribution in [2.45, 2.75) is 32.2 Å². The van der Waals surface area contributed by atoms with Crippen LogP contribution in [0, 0.1) is 0 Å². The van der Waals surface area contributed by atoms with Gasteiger partial charge in [-0.2, -0.15) is 0 Å². The van der Waals surface area contributed by atoms with E-state index in [4.69, 9.17) is 10.5 Å². The fraction of sp³-hybridized carbons (Fsp3) is 0.533. The molecule has 1 aliphatic rings. The van der Waals surface area contributed by atoms with Crippen LogP contribution in [0.15, 0.2) is 24.3 Å². The highest BCUT2D eigenvalue weighted by molar-refractivity contribution is 5.97. The zero-order valence-corrected chi connectivity index (χ0v) is 11.5. The molecule has 104 valence electrons. The van der Waals surface area contributed by atoms with Gasteiger partial charge in [0.05, 0.1) is 12.1 Å². The first kappa shape index (κ1) is 13.9. The number of nitrogens with zero attached hydrogens (tertiary/aromatic N) is 1. The van der Waals surface area contributed by atoms with E-state index in [0.717, 1.165) is 25.8 Å². The normalized spacial score (nSPS) is 16.5. The molecule has 0 aliphatic carbocycles. The molecule has 1 atom stereocenters. The summed E-state index contributed by atoms with van der Waals surface area (Å²) < 4.78 is 5.61. The number of hydrogen-bond acceptors (Lipinski definition) is 3. The molecule has 0 saturated heterocycles. The van der Waals surface area contributed by atoms with Gasteiger partial charge in [0.2, 0.25) is 0 Å². The average molecular weight is 262 g/mol. The van der Waals surface area contributed by atoms with Crippen molar-refractivity contribution in [3.05, 3.63) is 29.8 Å². The molecular weight excluding hydrogens is 240 g/mol. The molecule has 0 fully saturated rings. The van der Waals surface area contributed by atoms with Gasteiger partial charge in [0.15, 0.2) is 0 Å². The lowest BCUT2D eigenvalue weighted by Gasteiger charge is -2.20. The van der Waals surface area contributed by atoms with Crippen LogP contribution in [0.3, 0.4) is 0 Å². The molecule has 1 aliphatic heterocycles. The Hall–Kier alpha value is -1.55. The summed E-state index contributed by atoms with van der Waals surface area (Å²) in [4.78, 5) is 14.3. The monoisotopic (exact) mass is 262 g/mol. The molecule has 1 unspecified atom stereocenters. The van der Waals surface area contributed by atoms with Crippen LogP contribution in [0.2, 0.25) is 0 Å². The van der Waals surface area contributed by atoms with E-state index in [0.29, 0.717) is 24.5 Å². The molecular formula is C15H22N2O2. The molecule has 2 rings (SSSR count). The third kappa shape index (κ3) is 3.47. The second-order valence-electron chi connectivity index (χ2n) is 4.95. The van der Waals surface area contributed by atoms with Gasteiger partial charge in [0.25, 0.3) is 5.91 Å².